The second-order valence-electron chi connectivity index (χ2n) is 12.1. The summed E-state index contributed by atoms with van der Waals surface area (Å²) in [4.78, 5) is 2.12. The van der Waals surface area contributed by atoms with Crippen LogP contribution in [0.2, 0.25) is 0 Å². The SMILES string of the molecule is CCCCCCOc1ccc(N(C=C(c2ccc(OC)cc2)c2ccc(OC)cc2)C=C(c2ccc(OC)cc2)c2ccc(OC)cc2)c(OC)c1. The van der Waals surface area contributed by atoms with E-state index < -0.39 is 0 Å². The molecule has 0 amide bonds. The highest BCUT2D eigenvalue weighted by Crippen LogP contribution is 2.38. The van der Waals surface area contributed by atoms with E-state index in [-0.39, 0.29) is 0 Å². The van der Waals surface area contributed by atoms with E-state index in [0.717, 1.165) is 80.7 Å². The molecule has 52 heavy (non-hydrogen) atoms. The molecule has 0 N–H and O–H groups in total. The van der Waals surface area contributed by atoms with Crippen molar-refractivity contribution < 1.29 is 28.4 Å². The van der Waals surface area contributed by atoms with Crippen LogP contribution < -0.4 is 33.3 Å². The first kappa shape index (κ1) is 37.4. The Hall–Kier alpha value is -5.82. The van der Waals surface area contributed by atoms with E-state index in [1.807, 2.05) is 66.7 Å². The van der Waals surface area contributed by atoms with Crippen LogP contribution in [0.5, 0.6) is 34.5 Å². The van der Waals surface area contributed by atoms with Crippen molar-refractivity contribution in [2.24, 2.45) is 0 Å². The quantitative estimate of drug-likeness (QED) is 0.0844. The van der Waals surface area contributed by atoms with Crippen LogP contribution in [-0.2, 0) is 0 Å². The van der Waals surface area contributed by atoms with Gasteiger partial charge in [-0.2, -0.15) is 0 Å². The van der Waals surface area contributed by atoms with Crippen LogP contribution >= 0.6 is 0 Å². The predicted octanol–water partition coefficient (Wildman–Crippen LogP) is 10.7. The third-order valence-corrected chi connectivity index (χ3v) is 8.84. The maximum Gasteiger partial charge on any atom is 0.146 e. The molecule has 0 saturated carbocycles. The Kier molecular flexibility index (Phi) is 13.7. The summed E-state index contributed by atoms with van der Waals surface area (Å²) in [5, 5.41) is 0. The van der Waals surface area contributed by atoms with Gasteiger partial charge in [0.2, 0.25) is 0 Å². The molecule has 270 valence electrons. The Morgan fingerprint density at radius 3 is 1.19 bits per heavy atom. The van der Waals surface area contributed by atoms with Gasteiger partial charge in [-0.25, -0.2) is 0 Å². The van der Waals surface area contributed by atoms with E-state index in [1.165, 1.54) is 12.8 Å². The lowest BCUT2D eigenvalue weighted by atomic mass is 9.97. The first-order valence-corrected chi connectivity index (χ1v) is 17.6. The van der Waals surface area contributed by atoms with Gasteiger partial charge in [0.25, 0.3) is 0 Å². The van der Waals surface area contributed by atoms with Gasteiger partial charge in [0, 0.05) is 29.6 Å². The van der Waals surface area contributed by atoms with E-state index in [4.69, 9.17) is 28.4 Å². The molecule has 0 aliphatic carbocycles. The van der Waals surface area contributed by atoms with E-state index >= 15 is 0 Å². The molecule has 0 spiro atoms. The van der Waals surface area contributed by atoms with Gasteiger partial charge in [-0.3, -0.25) is 0 Å². The fraction of sp³-hybridized carbons (Fsp3) is 0.244. The topological polar surface area (TPSA) is 58.6 Å². The molecule has 0 fully saturated rings. The summed E-state index contributed by atoms with van der Waals surface area (Å²) in [6.45, 7) is 2.87. The molecule has 5 aromatic rings. The average molecular weight is 700 g/mol. The molecular weight excluding hydrogens is 650 g/mol. The van der Waals surface area contributed by atoms with Gasteiger partial charge < -0.3 is 33.3 Å². The summed E-state index contributed by atoms with van der Waals surface area (Å²) >= 11 is 0. The molecule has 7 heteroatoms. The monoisotopic (exact) mass is 699 g/mol. The average Bonchev–Trinajstić information content (AvgIpc) is 3.21. The number of methoxy groups -OCH3 is 5. The second kappa shape index (κ2) is 19.0. The lowest BCUT2D eigenvalue weighted by Gasteiger charge is -2.24. The Labute approximate surface area is 308 Å². The van der Waals surface area contributed by atoms with Crippen molar-refractivity contribution in [2.75, 3.05) is 47.1 Å². The number of anilines is 1. The van der Waals surface area contributed by atoms with Crippen LogP contribution in [0.3, 0.4) is 0 Å². The summed E-state index contributed by atoms with van der Waals surface area (Å²) in [6, 6.07) is 38.3. The first-order chi connectivity index (χ1) is 25.5. The maximum absolute atomic E-state index is 6.18. The highest BCUT2D eigenvalue weighted by Gasteiger charge is 2.17. The number of benzene rings is 5. The van der Waals surface area contributed by atoms with Gasteiger partial charge in [-0.1, -0.05) is 74.7 Å². The molecule has 0 radical (unpaired) electrons. The predicted molar refractivity (Wildman–Crippen MR) is 211 cm³/mol. The fourth-order valence-corrected chi connectivity index (χ4v) is 5.85. The van der Waals surface area contributed by atoms with E-state index in [1.54, 1.807) is 35.5 Å². The molecule has 0 atom stereocenters. The zero-order valence-electron chi connectivity index (χ0n) is 31.1. The standard InChI is InChI=1S/C45H49NO6/c1-7-8-9-10-29-52-41-27-28-44(45(30-41)51-6)46(31-42(33-11-19-37(47-2)20-12-33)34-13-21-38(48-3)22-14-34)32-43(35-15-23-39(49-4)24-16-35)36-17-25-40(50-5)26-18-36/h11-28,30-32H,7-10,29H2,1-6H3. The lowest BCUT2D eigenvalue weighted by molar-refractivity contribution is 0.303. The molecule has 0 heterocycles. The van der Waals surface area contributed by atoms with Gasteiger partial charge in [-0.05, 0) is 89.3 Å². The highest BCUT2D eigenvalue weighted by atomic mass is 16.5. The highest BCUT2D eigenvalue weighted by molar-refractivity contribution is 5.87. The van der Waals surface area contributed by atoms with Gasteiger partial charge in [0.1, 0.15) is 34.5 Å². The number of nitrogens with zero attached hydrogens (tertiary/aromatic N) is 1. The number of hydrogen-bond donors (Lipinski definition) is 0. The number of hydrogen-bond acceptors (Lipinski definition) is 7. The van der Waals surface area contributed by atoms with Crippen LogP contribution in [0, 0.1) is 0 Å². The van der Waals surface area contributed by atoms with Gasteiger partial charge in [0.15, 0.2) is 0 Å². The maximum atomic E-state index is 6.18. The third kappa shape index (κ3) is 9.69. The summed E-state index contributed by atoms with van der Waals surface area (Å²) in [6.07, 6.45) is 8.82. The van der Waals surface area contributed by atoms with Crippen molar-refractivity contribution >= 4 is 16.8 Å². The normalized spacial score (nSPS) is 10.5. The largest absolute Gasteiger partial charge is 0.497 e. The summed E-state index contributed by atoms with van der Waals surface area (Å²) in [7, 11) is 8.38. The third-order valence-electron chi connectivity index (χ3n) is 8.84. The molecule has 0 bridgehead atoms. The van der Waals surface area contributed by atoms with Crippen molar-refractivity contribution in [3.8, 4) is 34.5 Å². The van der Waals surface area contributed by atoms with Crippen LogP contribution in [0.4, 0.5) is 5.69 Å². The second-order valence-corrected chi connectivity index (χ2v) is 12.1. The fourth-order valence-electron chi connectivity index (χ4n) is 5.85. The molecule has 0 aromatic heterocycles. The molecule has 7 nitrogen and oxygen atoms in total. The minimum Gasteiger partial charge on any atom is -0.497 e. The number of unbranched alkanes of at least 4 members (excludes halogenated alkanes) is 3. The smallest absolute Gasteiger partial charge is 0.146 e. The van der Waals surface area contributed by atoms with E-state index in [0.29, 0.717) is 12.4 Å². The van der Waals surface area contributed by atoms with Gasteiger partial charge >= 0.3 is 0 Å². The summed E-state index contributed by atoms with van der Waals surface area (Å²) in [5.41, 5.74) is 6.81. The van der Waals surface area contributed by atoms with Crippen LogP contribution in [-0.4, -0.2) is 42.2 Å². The molecular formula is C45H49NO6. The Bertz CT molecular complexity index is 1690. The molecule has 5 aromatic carbocycles. The van der Waals surface area contributed by atoms with Crippen molar-refractivity contribution in [3.63, 3.8) is 0 Å². The molecule has 0 unspecified atom stereocenters. The zero-order valence-corrected chi connectivity index (χ0v) is 31.1. The number of ether oxygens (including phenoxy) is 6. The Morgan fingerprint density at radius 2 is 0.846 bits per heavy atom. The summed E-state index contributed by atoms with van der Waals surface area (Å²) < 4.78 is 34.3. The molecule has 0 aliphatic rings. The summed E-state index contributed by atoms with van der Waals surface area (Å²) in [5.74, 6) is 4.56. The van der Waals surface area contributed by atoms with E-state index in [9.17, 15) is 0 Å². The minimum absolute atomic E-state index is 0.657. The van der Waals surface area contributed by atoms with Gasteiger partial charge in [0.05, 0.1) is 47.8 Å². The van der Waals surface area contributed by atoms with Crippen molar-refractivity contribution in [1.82, 2.24) is 0 Å². The molecule has 5 rings (SSSR count). The van der Waals surface area contributed by atoms with Crippen LogP contribution in [0.1, 0.15) is 54.9 Å². The van der Waals surface area contributed by atoms with Gasteiger partial charge in [-0.15, -0.1) is 0 Å². The number of rotatable bonds is 18. The van der Waals surface area contributed by atoms with E-state index in [2.05, 4.69) is 72.8 Å². The first-order valence-electron chi connectivity index (χ1n) is 17.6. The van der Waals surface area contributed by atoms with Crippen LogP contribution in [0.25, 0.3) is 11.1 Å². The lowest BCUT2D eigenvalue weighted by Crippen LogP contribution is -2.12. The zero-order chi connectivity index (χ0) is 36.7. The van der Waals surface area contributed by atoms with Crippen LogP contribution in [0.15, 0.2) is 128 Å². The van der Waals surface area contributed by atoms with Crippen molar-refractivity contribution in [1.29, 1.82) is 0 Å². The van der Waals surface area contributed by atoms with Crippen molar-refractivity contribution in [2.45, 2.75) is 32.6 Å². The molecule has 0 saturated heterocycles. The molecule has 0 aliphatic heterocycles. The minimum atomic E-state index is 0.657. The Balaban J connectivity index is 1.73. The van der Waals surface area contributed by atoms with Crippen molar-refractivity contribution in [3.05, 3.63) is 150 Å². The Morgan fingerprint density at radius 1 is 0.462 bits per heavy atom.